The van der Waals surface area contributed by atoms with Crippen molar-refractivity contribution >= 4 is 29.2 Å². The van der Waals surface area contributed by atoms with Crippen molar-refractivity contribution in [2.45, 2.75) is 39.4 Å². The molecule has 184 valence electrons. The summed E-state index contributed by atoms with van der Waals surface area (Å²) in [6, 6.07) is 7.13. The minimum absolute atomic E-state index is 0.161. The van der Waals surface area contributed by atoms with E-state index in [1.165, 1.54) is 13.3 Å². The Hall–Kier alpha value is -3.73. The van der Waals surface area contributed by atoms with Crippen molar-refractivity contribution in [1.29, 1.82) is 0 Å². The SMILES string of the molecule is CC(=O)Nc1cccc(Nc2ncnc(N3CCC(OCc4c(F)ccc(F)c4F)CC3)n2)c1C. The van der Waals surface area contributed by atoms with Gasteiger partial charge in [0.15, 0.2) is 11.6 Å². The molecule has 1 saturated heterocycles. The summed E-state index contributed by atoms with van der Waals surface area (Å²) in [5.41, 5.74) is 1.88. The van der Waals surface area contributed by atoms with Gasteiger partial charge >= 0.3 is 0 Å². The molecule has 35 heavy (non-hydrogen) atoms. The Kier molecular flexibility index (Phi) is 7.45. The lowest BCUT2D eigenvalue weighted by molar-refractivity contribution is -0.114. The Morgan fingerprint density at radius 2 is 1.80 bits per heavy atom. The molecule has 8 nitrogen and oxygen atoms in total. The number of hydrogen-bond donors (Lipinski definition) is 2. The molecule has 0 unspecified atom stereocenters. The van der Waals surface area contributed by atoms with E-state index in [-0.39, 0.29) is 18.6 Å². The minimum atomic E-state index is -1.22. The third-order valence-electron chi connectivity index (χ3n) is 5.78. The van der Waals surface area contributed by atoms with Crippen LogP contribution in [0, 0.1) is 24.4 Å². The zero-order valence-electron chi connectivity index (χ0n) is 19.3. The second-order valence-corrected chi connectivity index (χ2v) is 8.21. The van der Waals surface area contributed by atoms with Gasteiger partial charge in [0.1, 0.15) is 12.1 Å². The maximum Gasteiger partial charge on any atom is 0.232 e. The first-order valence-electron chi connectivity index (χ1n) is 11.1. The first kappa shape index (κ1) is 24.4. The molecule has 1 aromatic heterocycles. The largest absolute Gasteiger partial charge is 0.373 e. The van der Waals surface area contributed by atoms with Crippen molar-refractivity contribution < 1.29 is 22.7 Å². The van der Waals surface area contributed by atoms with Gasteiger partial charge in [0.25, 0.3) is 0 Å². The van der Waals surface area contributed by atoms with Crippen molar-refractivity contribution in [2.75, 3.05) is 28.6 Å². The molecular weight excluding hydrogens is 461 g/mol. The number of carbonyl (C=O) groups is 1. The van der Waals surface area contributed by atoms with Crippen LogP contribution in [-0.4, -0.2) is 40.1 Å². The molecule has 0 aliphatic carbocycles. The summed E-state index contributed by atoms with van der Waals surface area (Å²) < 4.78 is 46.7. The fourth-order valence-electron chi connectivity index (χ4n) is 3.84. The van der Waals surface area contributed by atoms with Crippen molar-refractivity contribution in [3.05, 3.63) is 65.2 Å². The number of halogens is 3. The summed E-state index contributed by atoms with van der Waals surface area (Å²) in [4.78, 5) is 26.3. The maximum absolute atomic E-state index is 13.8. The van der Waals surface area contributed by atoms with Gasteiger partial charge in [-0.1, -0.05) is 6.07 Å². The topological polar surface area (TPSA) is 92.3 Å². The molecule has 4 rings (SSSR count). The van der Waals surface area contributed by atoms with E-state index in [1.54, 1.807) is 0 Å². The highest BCUT2D eigenvalue weighted by Crippen LogP contribution is 2.26. The number of rotatable bonds is 7. The minimum Gasteiger partial charge on any atom is -0.373 e. The zero-order valence-corrected chi connectivity index (χ0v) is 19.3. The first-order valence-corrected chi connectivity index (χ1v) is 11.1. The van der Waals surface area contributed by atoms with Gasteiger partial charge in [-0.05, 0) is 49.6 Å². The molecule has 1 fully saturated rings. The molecule has 1 aliphatic heterocycles. The quantitative estimate of drug-likeness (QED) is 0.476. The van der Waals surface area contributed by atoms with E-state index < -0.39 is 23.0 Å². The number of piperidine rings is 1. The van der Waals surface area contributed by atoms with Crippen LogP contribution in [0.4, 0.5) is 36.4 Å². The molecule has 3 aromatic rings. The fourth-order valence-corrected chi connectivity index (χ4v) is 3.84. The smallest absolute Gasteiger partial charge is 0.232 e. The van der Waals surface area contributed by atoms with E-state index in [2.05, 4.69) is 25.6 Å². The van der Waals surface area contributed by atoms with Gasteiger partial charge in [-0.2, -0.15) is 4.98 Å². The molecular formula is C24H25F3N6O2. The lowest BCUT2D eigenvalue weighted by Gasteiger charge is -2.32. The molecule has 11 heteroatoms. The second-order valence-electron chi connectivity index (χ2n) is 8.21. The number of nitrogens with one attached hydrogen (secondary N) is 2. The Balaban J connectivity index is 1.36. The average Bonchev–Trinajstić information content (AvgIpc) is 2.84. The van der Waals surface area contributed by atoms with Gasteiger partial charge in [0.05, 0.1) is 18.3 Å². The van der Waals surface area contributed by atoms with E-state index in [0.717, 1.165) is 23.4 Å². The van der Waals surface area contributed by atoms with Crippen molar-refractivity contribution in [1.82, 2.24) is 15.0 Å². The number of ether oxygens (including phenoxy) is 1. The first-order chi connectivity index (χ1) is 16.8. The fraction of sp³-hybridized carbons (Fsp3) is 0.333. The number of aromatic nitrogens is 3. The summed E-state index contributed by atoms with van der Waals surface area (Å²) in [6.07, 6.45) is 2.36. The number of anilines is 4. The standard InChI is InChI=1S/C24H25F3N6O2/c1-14-20(30-15(2)34)4-3-5-21(14)31-23-28-13-29-24(32-23)33-10-8-16(9-11-33)35-12-17-18(25)6-7-19(26)22(17)27/h3-7,13,16H,8-12H2,1-2H3,(H,30,34)(H,28,29,31,32). The Morgan fingerprint density at radius 1 is 1.09 bits per heavy atom. The maximum atomic E-state index is 13.8. The molecule has 1 aliphatic rings. The molecule has 0 bridgehead atoms. The van der Waals surface area contributed by atoms with Crippen LogP contribution < -0.4 is 15.5 Å². The number of carbonyl (C=O) groups excluding carboxylic acids is 1. The highest BCUT2D eigenvalue weighted by molar-refractivity contribution is 5.90. The third kappa shape index (κ3) is 5.86. The third-order valence-corrected chi connectivity index (χ3v) is 5.78. The molecule has 2 aromatic carbocycles. The highest BCUT2D eigenvalue weighted by atomic mass is 19.2. The molecule has 2 heterocycles. The van der Waals surface area contributed by atoms with Crippen LogP contribution in [0.3, 0.4) is 0 Å². The van der Waals surface area contributed by atoms with Gasteiger partial charge < -0.3 is 20.3 Å². The summed E-state index contributed by atoms with van der Waals surface area (Å²) >= 11 is 0. The molecule has 2 N–H and O–H groups in total. The van der Waals surface area contributed by atoms with Gasteiger partial charge in [0.2, 0.25) is 17.8 Å². The number of benzene rings is 2. The number of hydrogen-bond acceptors (Lipinski definition) is 7. The normalized spacial score (nSPS) is 14.1. The number of amides is 1. The van der Waals surface area contributed by atoms with Gasteiger partial charge in [-0.15, -0.1) is 0 Å². The highest BCUT2D eigenvalue weighted by Gasteiger charge is 2.23. The Bertz CT molecular complexity index is 1220. The van der Waals surface area contributed by atoms with Crippen LogP contribution in [0.15, 0.2) is 36.7 Å². The van der Waals surface area contributed by atoms with Crippen LogP contribution in [0.2, 0.25) is 0 Å². The van der Waals surface area contributed by atoms with Crippen LogP contribution in [0.5, 0.6) is 0 Å². The zero-order chi connectivity index (χ0) is 24.9. The van der Waals surface area contributed by atoms with Crippen molar-refractivity contribution in [3.8, 4) is 0 Å². The van der Waals surface area contributed by atoms with Gasteiger partial charge in [-0.25, -0.2) is 23.1 Å². The molecule has 0 atom stereocenters. The Morgan fingerprint density at radius 3 is 2.54 bits per heavy atom. The van der Waals surface area contributed by atoms with E-state index in [1.807, 2.05) is 30.0 Å². The average molecular weight is 486 g/mol. The lowest BCUT2D eigenvalue weighted by atomic mass is 10.1. The Labute approximate surface area is 200 Å². The van der Waals surface area contributed by atoms with E-state index in [4.69, 9.17) is 4.74 Å². The predicted molar refractivity (Wildman–Crippen MR) is 125 cm³/mol. The van der Waals surface area contributed by atoms with Crippen molar-refractivity contribution in [3.63, 3.8) is 0 Å². The van der Waals surface area contributed by atoms with E-state index >= 15 is 0 Å². The van der Waals surface area contributed by atoms with Gasteiger partial charge in [-0.3, -0.25) is 4.79 Å². The molecule has 0 spiro atoms. The second kappa shape index (κ2) is 10.7. The van der Waals surface area contributed by atoms with Gasteiger partial charge in [0, 0.05) is 31.4 Å². The van der Waals surface area contributed by atoms with Crippen LogP contribution >= 0.6 is 0 Å². The van der Waals surface area contributed by atoms with E-state index in [0.29, 0.717) is 43.5 Å². The molecule has 0 saturated carbocycles. The summed E-state index contributed by atoms with van der Waals surface area (Å²) in [6.45, 7) is 4.13. The summed E-state index contributed by atoms with van der Waals surface area (Å²) in [7, 11) is 0. The summed E-state index contributed by atoms with van der Waals surface area (Å²) in [5, 5.41) is 5.94. The van der Waals surface area contributed by atoms with Crippen LogP contribution in [0.25, 0.3) is 0 Å². The molecule has 1 amide bonds. The van der Waals surface area contributed by atoms with Crippen LogP contribution in [0.1, 0.15) is 30.9 Å². The number of nitrogens with zero attached hydrogens (tertiary/aromatic N) is 4. The molecule has 0 radical (unpaired) electrons. The lowest BCUT2D eigenvalue weighted by Crippen LogP contribution is -2.38. The predicted octanol–water partition coefficient (Wildman–Crippen LogP) is 4.48. The monoisotopic (exact) mass is 486 g/mol. The van der Waals surface area contributed by atoms with Crippen molar-refractivity contribution in [2.24, 2.45) is 0 Å². The van der Waals surface area contributed by atoms with Crippen LogP contribution in [-0.2, 0) is 16.1 Å². The van der Waals surface area contributed by atoms with E-state index in [9.17, 15) is 18.0 Å². The summed E-state index contributed by atoms with van der Waals surface area (Å²) in [5.74, 6) is -2.47.